The van der Waals surface area contributed by atoms with Crippen molar-refractivity contribution in [2.45, 2.75) is 39.2 Å². The molecule has 5 nitrogen and oxygen atoms in total. The van der Waals surface area contributed by atoms with Gasteiger partial charge in [-0.15, -0.1) is 0 Å². The number of hydrogen-bond acceptors (Lipinski definition) is 3. The molecular weight excluding hydrogens is 218 g/mol. The van der Waals surface area contributed by atoms with Gasteiger partial charge in [0.15, 0.2) is 0 Å². The molecule has 0 aromatic rings. The average Bonchev–Trinajstić information content (AvgIpc) is 2.72. The van der Waals surface area contributed by atoms with Crippen LogP contribution in [0.15, 0.2) is 0 Å². The molecule has 1 saturated carbocycles. The summed E-state index contributed by atoms with van der Waals surface area (Å²) in [6.07, 6.45) is 2.93. The fourth-order valence-corrected chi connectivity index (χ4v) is 2.54. The van der Waals surface area contributed by atoms with E-state index >= 15 is 0 Å². The first-order valence-corrected chi connectivity index (χ1v) is 6.26. The molecule has 0 aromatic heterocycles. The molecule has 1 rings (SSSR count). The summed E-state index contributed by atoms with van der Waals surface area (Å²) in [6, 6.07) is -0.00553. The van der Waals surface area contributed by atoms with E-state index in [0.29, 0.717) is 6.54 Å². The lowest BCUT2D eigenvalue weighted by molar-refractivity contribution is -0.141. The Morgan fingerprint density at radius 1 is 1.35 bits per heavy atom. The maximum atomic E-state index is 12.4. The first-order chi connectivity index (χ1) is 7.97. The fourth-order valence-electron chi connectivity index (χ4n) is 2.54. The quantitative estimate of drug-likeness (QED) is 0.714. The van der Waals surface area contributed by atoms with E-state index < -0.39 is 5.91 Å². The number of rotatable bonds is 5. The molecule has 0 radical (unpaired) electrons. The van der Waals surface area contributed by atoms with Crippen LogP contribution in [-0.4, -0.2) is 35.8 Å². The van der Waals surface area contributed by atoms with Gasteiger partial charge in [0.05, 0.1) is 6.54 Å². The number of nitrogens with zero attached hydrogens (tertiary/aromatic N) is 1. The van der Waals surface area contributed by atoms with Gasteiger partial charge in [-0.05, 0) is 39.2 Å². The summed E-state index contributed by atoms with van der Waals surface area (Å²) >= 11 is 0. The van der Waals surface area contributed by atoms with Gasteiger partial charge in [-0.25, -0.2) is 0 Å². The third-order valence-corrected chi connectivity index (χ3v) is 3.51. The zero-order valence-electron chi connectivity index (χ0n) is 10.7. The molecule has 4 N–H and O–H groups in total. The summed E-state index contributed by atoms with van der Waals surface area (Å²) in [5, 5.41) is 0. The van der Waals surface area contributed by atoms with Gasteiger partial charge in [0, 0.05) is 12.0 Å². The minimum absolute atomic E-state index is 0.00426. The molecule has 2 atom stereocenters. The van der Waals surface area contributed by atoms with Gasteiger partial charge in [0.1, 0.15) is 0 Å². The third kappa shape index (κ3) is 3.43. The lowest BCUT2D eigenvalue weighted by Crippen LogP contribution is -2.46. The van der Waals surface area contributed by atoms with Gasteiger partial charge >= 0.3 is 0 Å². The van der Waals surface area contributed by atoms with Crippen molar-refractivity contribution in [3.8, 4) is 0 Å². The Hall–Kier alpha value is -1.10. The van der Waals surface area contributed by atoms with Crippen LogP contribution in [0.2, 0.25) is 0 Å². The van der Waals surface area contributed by atoms with Crippen LogP contribution in [0, 0.1) is 11.8 Å². The summed E-state index contributed by atoms with van der Waals surface area (Å²) in [4.78, 5) is 24.9. The van der Waals surface area contributed by atoms with Crippen LogP contribution < -0.4 is 11.5 Å². The van der Waals surface area contributed by atoms with Gasteiger partial charge in [0.25, 0.3) is 0 Å². The Bertz CT molecular complexity index is 291. The number of carbonyl (C=O) groups is 2. The van der Waals surface area contributed by atoms with Crippen LogP contribution in [0.5, 0.6) is 0 Å². The number of primary amides is 1. The van der Waals surface area contributed by atoms with E-state index in [0.717, 1.165) is 19.3 Å². The van der Waals surface area contributed by atoms with Gasteiger partial charge in [-0.2, -0.15) is 0 Å². The van der Waals surface area contributed by atoms with Crippen LogP contribution in [0.25, 0.3) is 0 Å². The first-order valence-electron chi connectivity index (χ1n) is 6.26. The molecular formula is C12H23N3O2. The smallest absolute Gasteiger partial charge is 0.237 e. The maximum absolute atomic E-state index is 12.4. The van der Waals surface area contributed by atoms with Gasteiger partial charge in [-0.1, -0.05) is 6.42 Å². The summed E-state index contributed by atoms with van der Waals surface area (Å²) < 4.78 is 0. The van der Waals surface area contributed by atoms with Crippen molar-refractivity contribution < 1.29 is 9.59 Å². The molecule has 5 heteroatoms. The molecule has 0 bridgehead atoms. The summed E-state index contributed by atoms with van der Waals surface area (Å²) in [7, 11) is 0. The number of carbonyl (C=O) groups excluding carboxylic acids is 2. The second-order valence-corrected chi connectivity index (χ2v) is 5.06. The third-order valence-electron chi connectivity index (χ3n) is 3.51. The molecule has 0 spiro atoms. The van der Waals surface area contributed by atoms with Crippen molar-refractivity contribution >= 4 is 11.8 Å². The van der Waals surface area contributed by atoms with Gasteiger partial charge < -0.3 is 16.4 Å². The van der Waals surface area contributed by atoms with E-state index in [-0.39, 0.29) is 30.3 Å². The molecule has 0 saturated heterocycles. The van der Waals surface area contributed by atoms with E-state index in [1.807, 2.05) is 13.8 Å². The molecule has 2 amide bonds. The minimum atomic E-state index is -0.464. The number of hydrogen-bond donors (Lipinski definition) is 2. The Morgan fingerprint density at radius 3 is 2.47 bits per heavy atom. The maximum Gasteiger partial charge on any atom is 0.237 e. The Kier molecular flexibility index (Phi) is 4.93. The van der Waals surface area contributed by atoms with Crippen LogP contribution in [0.4, 0.5) is 0 Å². The molecule has 1 fully saturated rings. The molecule has 98 valence electrons. The topological polar surface area (TPSA) is 89.4 Å². The van der Waals surface area contributed by atoms with E-state index in [9.17, 15) is 9.59 Å². The predicted octanol–water partition coefficient (Wildman–Crippen LogP) is 0.0837. The van der Waals surface area contributed by atoms with E-state index in [2.05, 4.69) is 0 Å². The predicted molar refractivity (Wildman–Crippen MR) is 65.9 cm³/mol. The van der Waals surface area contributed by atoms with Crippen molar-refractivity contribution in [2.75, 3.05) is 13.1 Å². The molecule has 17 heavy (non-hydrogen) atoms. The van der Waals surface area contributed by atoms with Crippen molar-refractivity contribution in [2.24, 2.45) is 23.3 Å². The van der Waals surface area contributed by atoms with Crippen LogP contribution in [-0.2, 0) is 9.59 Å². The average molecular weight is 241 g/mol. The van der Waals surface area contributed by atoms with E-state index in [1.165, 1.54) is 0 Å². The highest BCUT2D eigenvalue weighted by Crippen LogP contribution is 2.32. The van der Waals surface area contributed by atoms with E-state index in [1.54, 1.807) is 4.90 Å². The normalized spacial score (nSPS) is 24.0. The van der Waals surface area contributed by atoms with Crippen molar-refractivity contribution in [3.63, 3.8) is 0 Å². The highest BCUT2D eigenvalue weighted by atomic mass is 16.2. The number of amides is 2. The number of nitrogens with two attached hydrogens (primary N) is 2. The highest BCUT2D eigenvalue weighted by Gasteiger charge is 2.35. The first kappa shape index (κ1) is 14.0. The zero-order chi connectivity index (χ0) is 13.0. The Balaban J connectivity index is 2.73. The van der Waals surface area contributed by atoms with Crippen molar-refractivity contribution in [3.05, 3.63) is 0 Å². The van der Waals surface area contributed by atoms with E-state index in [4.69, 9.17) is 11.5 Å². The summed E-state index contributed by atoms with van der Waals surface area (Å²) in [5.41, 5.74) is 10.9. The minimum Gasteiger partial charge on any atom is -0.368 e. The molecule has 1 aliphatic rings. The van der Waals surface area contributed by atoms with Gasteiger partial charge in [0.2, 0.25) is 11.8 Å². The second kappa shape index (κ2) is 6.00. The Morgan fingerprint density at radius 2 is 2.00 bits per heavy atom. The monoisotopic (exact) mass is 241 g/mol. The van der Waals surface area contributed by atoms with Crippen molar-refractivity contribution in [1.82, 2.24) is 4.90 Å². The summed E-state index contributed by atoms with van der Waals surface area (Å²) in [5.74, 6) is -0.195. The molecule has 0 aliphatic heterocycles. The SMILES string of the molecule is CC(C)N(CC(N)=O)C(=O)[C@@H]1CCC[C@@H]1CN. The van der Waals surface area contributed by atoms with Crippen LogP contribution >= 0.6 is 0 Å². The summed E-state index contributed by atoms with van der Waals surface area (Å²) in [6.45, 7) is 4.34. The molecule has 0 aromatic carbocycles. The zero-order valence-corrected chi connectivity index (χ0v) is 10.7. The lowest BCUT2D eigenvalue weighted by atomic mass is 9.94. The Labute approximate surface area is 103 Å². The van der Waals surface area contributed by atoms with Crippen molar-refractivity contribution in [1.29, 1.82) is 0 Å². The lowest BCUT2D eigenvalue weighted by Gasteiger charge is -2.30. The second-order valence-electron chi connectivity index (χ2n) is 5.06. The fraction of sp³-hybridized carbons (Fsp3) is 0.833. The highest BCUT2D eigenvalue weighted by molar-refractivity contribution is 5.85. The van der Waals surface area contributed by atoms with Gasteiger partial charge in [-0.3, -0.25) is 9.59 Å². The molecule has 0 heterocycles. The standard InChI is InChI=1S/C12H23N3O2/c1-8(2)15(7-11(14)16)12(17)10-5-3-4-9(10)6-13/h8-10H,3-7,13H2,1-2H3,(H2,14,16)/t9-,10-/m1/s1. The molecule has 1 aliphatic carbocycles. The van der Waals surface area contributed by atoms with Crippen LogP contribution in [0.3, 0.4) is 0 Å². The largest absolute Gasteiger partial charge is 0.368 e. The molecule has 0 unspecified atom stereocenters. The van der Waals surface area contributed by atoms with Crippen LogP contribution in [0.1, 0.15) is 33.1 Å².